The van der Waals surface area contributed by atoms with Crippen LogP contribution in [0.15, 0.2) is 24.3 Å². The fraction of sp³-hybridized carbons (Fsp3) is 0.625. The van der Waals surface area contributed by atoms with Gasteiger partial charge in [-0.3, -0.25) is 4.90 Å². The Balaban J connectivity index is 0.00000200. The highest BCUT2D eigenvalue weighted by atomic mass is 35.5. The van der Waals surface area contributed by atoms with Crippen LogP contribution in [0.4, 0.5) is 0 Å². The second-order valence-corrected chi connectivity index (χ2v) is 5.66. The van der Waals surface area contributed by atoms with Gasteiger partial charge in [0.25, 0.3) is 0 Å². The minimum atomic E-state index is 0. The first-order chi connectivity index (χ1) is 9.19. The molecule has 1 aliphatic heterocycles. The topological polar surface area (TPSA) is 38.5 Å². The molecule has 0 aliphatic carbocycles. The lowest BCUT2D eigenvalue weighted by Gasteiger charge is -2.35. The van der Waals surface area contributed by atoms with Crippen molar-refractivity contribution in [1.82, 2.24) is 4.90 Å². The number of nitrogens with zero attached hydrogens (tertiary/aromatic N) is 1. The van der Waals surface area contributed by atoms with E-state index in [-0.39, 0.29) is 12.4 Å². The lowest BCUT2D eigenvalue weighted by molar-refractivity contribution is 0.157. The quantitative estimate of drug-likeness (QED) is 0.908. The van der Waals surface area contributed by atoms with Gasteiger partial charge in [-0.15, -0.1) is 12.4 Å². The molecule has 0 bridgehead atoms. The van der Waals surface area contributed by atoms with E-state index in [1.165, 1.54) is 5.56 Å². The maximum absolute atomic E-state index is 6.07. The Kier molecular flexibility index (Phi) is 7.35. The van der Waals surface area contributed by atoms with Gasteiger partial charge >= 0.3 is 0 Å². The number of hydrogen-bond acceptors (Lipinski definition) is 3. The number of rotatable bonds is 5. The monoisotopic (exact) mass is 298 g/mol. The number of ether oxygens (including phenoxy) is 1. The first kappa shape index (κ1) is 17.3. The predicted octanol–water partition coefficient (Wildman–Crippen LogP) is 3.07. The third-order valence-electron chi connectivity index (χ3n) is 3.83. The lowest BCUT2D eigenvalue weighted by atomic mass is 9.94. The van der Waals surface area contributed by atoms with E-state index in [0.717, 1.165) is 44.8 Å². The van der Waals surface area contributed by atoms with E-state index in [1.807, 2.05) is 6.07 Å². The number of halogens is 1. The van der Waals surface area contributed by atoms with Crippen molar-refractivity contribution in [3.8, 4) is 5.75 Å². The third kappa shape index (κ3) is 4.97. The lowest BCUT2D eigenvalue weighted by Crippen LogP contribution is -2.45. The van der Waals surface area contributed by atoms with Crippen LogP contribution >= 0.6 is 12.4 Å². The molecule has 2 N–H and O–H groups in total. The number of piperidine rings is 1. The van der Waals surface area contributed by atoms with Crippen LogP contribution in [0, 0.1) is 5.92 Å². The van der Waals surface area contributed by atoms with Crippen molar-refractivity contribution >= 4 is 12.4 Å². The molecule has 4 heteroatoms. The smallest absolute Gasteiger partial charge is 0.119 e. The minimum absolute atomic E-state index is 0. The normalized spacial score (nSPS) is 23.1. The van der Waals surface area contributed by atoms with Crippen LogP contribution in [0.5, 0.6) is 5.75 Å². The molecule has 2 unspecified atom stereocenters. The Hall–Kier alpha value is -0.770. The molecule has 3 nitrogen and oxygen atoms in total. The molecule has 2 atom stereocenters. The molecule has 1 aromatic rings. The summed E-state index contributed by atoms with van der Waals surface area (Å²) >= 11 is 0. The van der Waals surface area contributed by atoms with Gasteiger partial charge in [0, 0.05) is 19.1 Å². The minimum Gasteiger partial charge on any atom is -0.494 e. The summed E-state index contributed by atoms with van der Waals surface area (Å²) in [7, 11) is 0. The van der Waals surface area contributed by atoms with Crippen molar-refractivity contribution in [1.29, 1.82) is 0 Å². The van der Waals surface area contributed by atoms with Crippen LogP contribution in [0.3, 0.4) is 0 Å². The predicted molar refractivity (Wildman–Crippen MR) is 86.5 cm³/mol. The first-order valence-corrected chi connectivity index (χ1v) is 7.38. The number of nitrogens with two attached hydrogens (primary N) is 1. The van der Waals surface area contributed by atoms with Crippen molar-refractivity contribution in [3.05, 3.63) is 29.8 Å². The van der Waals surface area contributed by atoms with Gasteiger partial charge in [0.05, 0.1) is 6.61 Å². The maximum Gasteiger partial charge on any atom is 0.119 e. The molecular weight excluding hydrogens is 272 g/mol. The second-order valence-electron chi connectivity index (χ2n) is 5.66. The Morgan fingerprint density at radius 1 is 1.40 bits per heavy atom. The van der Waals surface area contributed by atoms with Crippen LogP contribution in [0.25, 0.3) is 0 Å². The molecule has 0 amide bonds. The molecular formula is C16H27ClN2O. The number of hydrogen-bond donors (Lipinski definition) is 1. The third-order valence-corrected chi connectivity index (χ3v) is 3.83. The van der Waals surface area contributed by atoms with Gasteiger partial charge < -0.3 is 10.5 Å². The molecule has 1 heterocycles. The summed E-state index contributed by atoms with van der Waals surface area (Å²) in [6, 6.07) is 8.83. The van der Waals surface area contributed by atoms with Crippen LogP contribution in [0.2, 0.25) is 0 Å². The molecule has 0 saturated carbocycles. The summed E-state index contributed by atoms with van der Waals surface area (Å²) < 4.78 is 5.68. The van der Waals surface area contributed by atoms with Gasteiger partial charge in [-0.2, -0.15) is 0 Å². The SMILES string of the molecule is CCCOc1cccc(CN2CCC(N)C(C)C2)c1.Cl. The first-order valence-electron chi connectivity index (χ1n) is 7.38. The standard InChI is InChI=1S/C16H26N2O.ClH/c1-3-9-19-15-6-4-5-14(10-15)12-18-8-7-16(17)13(2)11-18;/h4-6,10,13,16H,3,7-9,11-12,17H2,1-2H3;1H. The molecule has 2 rings (SSSR count). The Morgan fingerprint density at radius 3 is 2.90 bits per heavy atom. The van der Waals surface area contributed by atoms with E-state index in [0.29, 0.717) is 12.0 Å². The van der Waals surface area contributed by atoms with Crippen molar-refractivity contribution in [2.75, 3.05) is 19.7 Å². The van der Waals surface area contributed by atoms with Gasteiger partial charge in [-0.1, -0.05) is 26.0 Å². The van der Waals surface area contributed by atoms with Crippen LogP contribution in [-0.4, -0.2) is 30.6 Å². The van der Waals surface area contributed by atoms with E-state index in [9.17, 15) is 0 Å². The largest absolute Gasteiger partial charge is 0.494 e. The summed E-state index contributed by atoms with van der Waals surface area (Å²) in [5.74, 6) is 1.58. The molecule has 1 saturated heterocycles. The number of likely N-dealkylation sites (tertiary alicyclic amines) is 1. The van der Waals surface area contributed by atoms with Gasteiger partial charge in [0.2, 0.25) is 0 Å². The van der Waals surface area contributed by atoms with Gasteiger partial charge in [0.15, 0.2) is 0 Å². The Bertz CT molecular complexity index is 400. The van der Waals surface area contributed by atoms with E-state index in [1.54, 1.807) is 0 Å². The molecule has 1 aromatic carbocycles. The summed E-state index contributed by atoms with van der Waals surface area (Å²) in [6.45, 7) is 8.37. The van der Waals surface area contributed by atoms with E-state index in [2.05, 4.69) is 36.9 Å². The van der Waals surface area contributed by atoms with Crippen LogP contribution in [-0.2, 0) is 6.54 Å². The summed E-state index contributed by atoms with van der Waals surface area (Å²) in [4.78, 5) is 2.49. The average Bonchev–Trinajstić information content (AvgIpc) is 2.41. The highest BCUT2D eigenvalue weighted by Crippen LogP contribution is 2.19. The molecule has 1 fully saturated rings. The zero-order valence-electron chi connectivity index (χ0n) is 12.5. The molecule has 20 heavy (non-hydrogen) atoms. The Morgan fingerprint density at radius 2 is 2.20 bits per heavy atom. The van der Waals surface area contributed by atoms with E-state index < -0.39 is 0 Å². The van der Waals surface area contributed by atoms with E-state index >= 15 is 0 Å². The zero-order valence-corrected chi connectivity index (χ0v) is 13.4. The van der Waals surface area contributed by atoms with E-state index in [4.69, 9.17) is 10.5 Å². The van der Waals surface area contributed by atoms with Crippen molar-refractivity contribution in [2.24, 2.45) is 11.7 Å². The molecule has 0 aromatic heterocycles. The summed E-state index contributed by atoms with van der Waals surface area (Å²) in [6.07, 6.45) is 2.15. The molecule has 1 aliphatic rings. The summed E-state index contributed by atoms with van der Waals surface area (Å²) in [5, 5.41) is 0. The summed E-state index contributed by atoms with van der Waals surface area (Å²) in [5.41, 5.74) is 7.40. The maximum atomic E-state index is 6.07. The van der Waals surface area contributed by atoms with Crippen molar-refractivity contribution < 1.29 is 4.74 Å². The Labute approximate surface area is 128 Å². The fourth-order valence-electron chi connectivity index (χ4n) is 2.61. The molecule has 0 spiro atoms. The van der Waals surface area contributed by atoms with Crippen LogP contribution in [0.1, 0.15) is 32.3 Å². The highest BCUT2D eigenvalue weighted by Gasteiger charge is 2.22. The van der Waals surface area contributed by atoms with Crippen molar-refractivity contribution in [2.45, 2.75) is 39.3 Å². The zero-order chi connectivity index (χ0) is 13.7. The second kappa shape index (κ2) is 8.50. The molecule has 0 radical (unpaired) electrons. The van der Waals surface area contributed by atoms with Crippen molar-refractivity contribution in [3.63, 3.8) is 0 Å². The van der Waals surface area contributed by atoms with Crippen LogP contribution < -0.4 is 10.5 Å². The van der Waals surface area contributed by atoms with Gasteiger partial charge in [-0.05, 0) is 43.0 Å². The fourth-order valence-corrected chi connectivity index (χ4v) is 2.61. The van der Waals surface area contributed by atoms with Gasteiger partial charge in [-0.25, -0.2) is 0 Å². The van der Waals surface area contributed by atoms with Gasteiger partial charge in [0.1, 0.15) is 5.75 Å². The highest BCUT2D eigenvalue weighted by molar-refractivity contribution is 5.85. The average molecular weight is 299 g/mol. The molecule has 114 valence electrons. The number of benzene rings is 1.